The molecular weight excluding hydrogens is 410 g/mol. The summed E-state index contributed by atoms with van der Waals surface area (Å²) >= 11 is 0. The first-order chi connectivity index (χ1) is 16.2. The molecule has 1 atom stereocenters. The predicted molar refractivity (Wildman–Crippen MR) is 128 cm³/mol. The molecule has 5 aromatic rings. The first-order valence-corrected chi connectivity index (χ1v) is 11.0. The average Bonchev–Trinajstić information content (AvgIpc) is 3.44. The van der Waals surface area contributed by atoms with Crippen molar-refractivity contribution in [2.75, 3.05) is 0 Å². The molecule has 0 radical (unpaired) electrons. The maximum absolute atomic E-state index is 13.2. The molecule has 0 fully saturated rings. The lowest BCUT2D eigenvalue weighted by atomic mass is 9.98. The van der Waals surface area contributed by atoms with Crippen LogP contribution in [-0.2, 0) is 6.42 Å². The van der Waals surface area contributed by atoms with Crippen molar-refractivity contribution in [2.24, 2.45) is 0 Å². The van der Waals surface area contributed by atoms with E-state index in [1.807, 2.05) is 37.3 Å². The van der Waals surface area contributed by atoms with Crippen molar-refractivity contribution in [1.82, 2.24) is 25.3 Å². The monoisotopic (exact) mass is 431 g/mol. The van der Waals surface area contributed by atoms with E-state index in [9.17, 15) is 4.79 Å². The summed E-state index contributed by atoms with van der Waals surface area (Å²) in [6.07, 6.45) is 6.00. The van der Waals surface area contributed by atoms with Gasteiger partial charge < -0.3 is 10.3 Å². The molecule has 1 aliphatic carbocycles. The van der Waals surface area contributed by atoms with Gasteiger partial charge in [0.15, 0.2) is 0 Å². The molecule has 160 valence electrons. The molecule has 0 bridgehead atoms. The number of H-pyrrole nitrogens is 1. The van der Waals surface area contributed by atoms with Gasteiger partial charge in [0.05, 0.1) is 23.3 Å². The Labute approximate surface area is 190 Å². The number of carbonyl (C=O) groups excluding carboxylic acids is 1. The van der Waals surface area contributed by atoms with Gasteiger partial charge in [-0.1, -0.05) is 49.4 Å². The second kappa shape index (κ2) is 7.67. The summed E-state index contributed by atoms with van der Waals surface area (Å²) < 4.78 is 0. The highest BCUT2D eigenvalue weighted by atomic mass is 16.1. The molecule has 3 aromatic heterocycles. The Kier molecular flexibility index (Phi) is 4.50. The van der Waals surface area contributed by atoms with Crippen LogP contribution in [0.25, 0.3) is 33.5 Å². The molecular formula is C27H21N5O. The number of aromatic nitrogens is 4. The van der Waals surface area contributed by atoms with Gasteiger partial charge in [-0.2, -0.15) is 0 Å². The van der Waals surface area contributed by atoms with Gasteiger partial charge in [-0.25, -0.2) is 4.98 Å². The van der Waals surface area contributed by atoms with Crippen molar-refractivity contribution in [3.05, 3.63) is 102 Å². The second-order valence-electron chi connectivity index (χ2n) is 8.13. The van der Waals surface area contributed by atoms with E-state index in [-0.39, 0.29) is 11.9 Å². The van der Waals surface area contributed by atoms with Crippen LogP contribution in [0, 0.1) is 0 Å². The van der Waals surface area contributed by atoms with Gasteiger partial charge in [0.2, 0.25) is 0 Å². The fraction of sp³-hybridized carbons (Fsp3) is 0.111. The normalized spacial score (nSPS) is 14.2. The zero-order valence-corrected chi connectivity index (χ0v) is 18.0. The van der Waals surface area contributed by atoms with Gasteiger partial charge in [-0.3, -0.25) is 14.8 Å². The van der Waals surface area contributed by atoms with Crippen LogP contribution in [-0.4, -0.2) is 25.8 Å². The quantitative estimate of drug-likeness (QED) is 0.416. The topological polar surface area (TPSA) is 83.6 Å². The van der Waals surface area contributed by atoms with Gasteiger partial charge in [0.1, 0.15) is 5.82 Å². The molecule has 1 amide bonds. The van der Waals surface area contributed by atoms with E-state index < -0.39 is 0 Å². The third kappa shape index (κ3) is 3.19. The van der Waals surface area contributed by atoms with Crippen LogP contribution in [0.2, 0.25) is 0 Å². The first kappa shape index (κ1) is 19.4. The molecule has 0 unspecified atom stereocenters. The van der Waals surface area contributed by atoms with Crippen molar-refractivity contribution in [3.8, 4) is 22.5 Å². The number of nitrogens with zero attached hydrogens (tertiary/aromatic N) is 3. The zero-order chi connectivity index (χ0) is 22.4. The van der Waals surface area contributed by atoms with Crippen molar-refractivity contribution in [1.29, 1.82) is 0 Å². The summed E-state index contributed by atoms with van der Waals surface area (Å²) in [4.78, 5) is 29.9. The van der Waals surface area contributed by atoms with Crippen LogP contribution in [0.3, 0.4) is 0 Å². The van der Waals surface area contributed by atoms with Gasteiger partial charge in [-0.05, 0) is 46.9 Å². The van der Waals surface area contributed by atoms with Crippen LogP contribution in [0.4, 0.5) is 0 Å². The summed E-state index contributed by atoms with van der Waals surface area (Å²) in [6, 6.07) is 19.7. The Bertz CT molecular complexity index is 1490. The number of nitrogens with one attached hydrogen (secondary N) is 2. The third-order valence-corrected chi connectivity index (χ3v) is 6.20. The van der Waals surface area contributed by atoms with Crippen molar-refractivity contribution >= 4 is 16.9 Å². The SMILES string of the molecule is CCc1cc(C(=O)N[C@@H]2c3ccccc3-c3c(-c4nc5ccncc5[nH]4)cccc32)ccn1. The van der Waals surface area contributed by atoms with Crippen LogP contribution in [0.1, 0.15) is 40.1 Å². The summed E-state index contributed by atoms with van der Waals surface area (Å²) in [7, 11) is 0. The Morgan fingerprint density at radius 3 is 2.73 bits per heavy atom. The van der Waals surface area contributed by atoms with E-state index in [1.54, 1.807) is 24.7 Å². The standard InChI is InChI=1S/C27H21N5O/c1-2-17-14-16(10-13-29-17)27(33)32-25-19-7-4-3-6-18(19)24-20(25)8-5-9-21(24)26-30-22-11-12-28-15-23(22)31-26/h3-15,25H,2H2,1H3,(H,30,31)(H,32,33)/t25-/m1/s1. The van der Waals surface area contributed by atoms with Crippen LogP contribution in [0.5, 0.6) is 0 Å². The molecule has 3 heterocycles. The Morgan fingerprint density at radius 2 is 1.85 bits per heavy atom. The highest BCUT2D eigenvalue weighted by Gasteiger charge is 2.32. The number of hydrogen-bond acceptors (Lipinski definition) is 4. The number of benzene rings is 2. The van der Waals surface area contributed by atoms with Crippen LogP contribution < -0.4 is 5.32 Å². The molecule has 33 heavy (non-hydrogen) atoms. The summed E-state index contributed by atoms with van der Waals surface area (Å²) in [6.45, 7) is 2.03. The summed E-state index contributed by atoms with van der Waals surface area (Å²) in [5.74, 6) is 0.679. The van der Waals surface area contributed by atoms with Crippen molar-refractivity contribution < 1.29 is 4.79 Å². The molecule has 0 aliphatic heterocycles. The van der Waals surface area contributed by atoms with Gasteiger partial charge >= 0.3 is 0 Å². The maximum Gasteiger partial charge on any atom is 0.252 e. The fourth-order valence-electron chi connectivity index (χ4n) is 4.62. The number of amides is 1. The van der Waals surface area contributed by atoms with E-state index in [0.717, 1.165) is 56.8 Å². The minimum atomic E-state index is -0.243. The molecule has 6 nitrogen and oxygen atoms in total. The Balaban J connectivity index is 1.46. The number of imidazole rings is 1. The number of pyridine rings is 2. The van der Waals surface area contributed by atoms with E-state index in [1.165, 1.54) is 0 Å². The van der Waals surface area contributed by atoms with Gasteiger partial charge in [-0.15, -0.1) is 0 Å². The number of aryl methyl sites for hydroxylation is 1. The molecule has 0 spiro atoms. The summed E-state index contributed by atoms with van der Waals surface area (Å²) in [5.41, 5.74) is 8.63. The van der Waals surface area contributed by atoms with Crippen LogP contribution >= 0.6 is 0 Å². The average molecular weight is 431 g/mol. The van der Waals surface area contributed by atoms with Crippen molar-refractivity contribution in [3.63, 3.8) is 0 Å². The number of hydrogen-bond donors (Lipinski definition) is 2. The number of rotatable bonds is 4. The number of fused-ring (bicyclic) bond motifs is 4. The lowest BCUT2D eigenvalue weighted by Gasteiger charge is -2.16. The third-order valence-electron chi connectivity index (χ3n) is 6.20. The largest absolute Gasteiger partial charge is 0.341 e. The minimum Gasteiger partial charge on any atom is -0.341 e. The van der Waals surface area contributed by atoms with Gasteiger partial charge in [0, 0.05) is 29.2 Å². The minimum absolute atomic E-state index is 0.111. The molecule has 2 aromatic carbocycles. The van der Waals surface area contributed by atoms with Crippen LogP contribution in [0.15, 0.2) is 79.3 Å². The van der Waals surface area contributed by atoms with E-state index in [2.05, 4.69) is 44.5 Å². The fourth-order valence-corrected chi connectivity index (χ4v) is 4.62. The highest BCUT2D eigenvalue weighted by molar-refractivity contribution is 5.97. The predicted octanol–water partition coefficient (Wildman–Crippen LogP) is 5.08. The highest BCUT2D eigenvalue weighted by Crippen LogP contribution is 2.47. The molecule has 0 saturated carbocycles. The lowest BCUT2D eigenvalue weighted by Crippen LogP contribution is -2.28. The zero-order valence-electron chi connectivity index (χ0n) is 18.0. The molecule has 0 saturated heterocycles. The molecule has 1 aliphatic rings. The lowest BCUT2D eigenvalue weighted by molar-refractivity contribution is 0.0943. The van der Waals surface area contributed by atoms with E-state index in [0.29, 0.717) is 5.56 Å². The Morgan fingerprint density at radius 1 is 1.00 bits per heavy atom. The number of aromatic amines is 1. The van der Waals surface area contributed by atoms with Gasteiger partial charge in [0.25, 0.3) is 5.91 Å². The van der Waals surface area contributed by atoms with Crippen molar-refractivity contribution in [2.45, 2.75) is 19.4 Å². The molecule has 6 rings (SSSR count). The Hall–Kier alpha value is -4.32. The van der Waals surface area contributed by atoms with E-state index in [4.69, 9.17) is 4.98 Å². The maximum atomic E-state index is 13.2. The van der Waals surface area contributed by atoms with E-state index >= 15 is 0 Å². The molecule has 2 N–H and O–H groups in total. The number of carbonyl (C=O) groups is 1. The smallest absolute Gasteiger partial charge is 0.252 e. The first-order valence-electron chi connectivity index (χ1n) is 11.0. The summed E-state index contributed by atoms with van der Waals surface area (Å²) in [5, 5.41) is 3.26. The molecule has 6 heteroatoms. The second-order valence-corrected chi connectivity index (χ2v) is 8.13.